The number of benzene rings is 1. The minimum absolute atomic E-state index is 0.0723. The maximum Gasteiger partial charge on any atom is 0.444 e. The molecule has 1 aromatic rings. The van der Waals surface area contributed by atoms with Gasteiger partial charge in [0, 0.05) is 6.07 Å². The van der Waals surface area contributed by atoms with Crippen LogP contribution in [-0.4, -0.2) is 37.4 Å². The van der Waals surface area contributed by atoms with Crippen LogP contribution >= 0.6 is 11.6 Å². The Balaban J connectivity index is 2.50. The second kappa shape index (κ2) is 6.96. The number of para-hydroxylation sites is 2. The van der Waals surface area contributed by atoms with Crippen molar-refractivity contribution < 1.29 is 36.2 Å². The van der Waals surface area contributed by atoms with Crippen molar-refractivity contribution >= 4 is 29.5 Å². The summed E-state index contributed by atoms with van der Waals surface area (Å²) in [5.41, 5.74) is -4.12. The third-order valence-electron chi connectivity index (χ3n) is 3.17. The van der Waals surface area contributed by atoms with Crippen LogP contribution in [0, 0.1) is 0 Å². The molecular formula is C14H11ClF5N2O3+. The van der Waals surface area contributed by atoms with Gasteiger partial charge in [-0.05, 0) is 6.07 Å². The molecule has 0 aromatic heterocycles. The average Bonchev–Trinajstić information content (AvgIpc) is 2.86. The molecule has 0 radical (unpaired) electrons. The van der Waals surface area contributed by atoms with Gasteiger partial charge in [-0.2, -0.15) is 8.78 Å². The maximum atomic E-state index is 13.4. The molecule has 1 aliphatic heterocycles. The van der Waals surface area contributed by atoms with Crippen molar-refractivity contribution in [3.8, 4) is 5.75 Å². The van der Waals surface area contributed by atoms with Gasteiger partial charge in [0.15, 0.2) is 11.9 Å². The topological polar surface area (TPSA) is 47.9 Å². The van der Waals surface area contributed by atoms with Gasteiger partial charge in [0.25, 0.3) is 18.5 Å². The molecule has 0 saturated carbocycles. The second-order valence-electron chi connectivity index (χ2n) is 4.95. The number of quaternary nitrogens is 1. The fourth-order valence-electron chi connectivity index (χ4n) is 2.12. The van der Waals surface area contributed by atoms with Crippen LogP contribution in [-0.2, 0) is 9.53 Å². The highest BCUT2D eigenvalue weighted by molar-refractivity contribution is 6.20. The molecule has 5 nitrogen and oxygen atoms in total. The standard InChI is InChI=1S/C14H11ClF5N2O3/c1-22(6-10(24-7-23)11(21-22)12(16)17)8-4-2-3-5-9(8)25-14(19,20)13(15)18/h2-7,12-13H,1H3/q+1. The van der Waals surface area contributed by atoms with E-state index in [1.54, 1.807) is 0 Å². The Kier molecular flexibility index (Phi) is 5.33. The summed E-state index contributed by atoms with van der Waals surface area (Å²) < 4.78 is 73.7. The lowest BCUT2D eigenvalue weighted by Gasteiger charge is -2.24. The number of ether oxygens (including phenoxy) is 2. The first kappa shape index (κ1) is 19.1. The quantitative estimate of drug-likeness (QED) is 0.311. The van der Waals surface area contributed by atoms with Gasteiger partial charge in [-0.3, -0.25) is 4.79 Å². The van der Waals surface area contributed by atoms with Crippen molar-refractivity contribution in [2.75, 3.05) is 7.05 Å². The molecule has 2 unspecified atom stereocenters. The van der Waals surface area contributed by atoms with Crippen LogP contribution in [0.15, 0.2) is 41.3 Å². The highest BCUT2D eigenvalue weighted by atomic mass is 35.5. The number of hydrogen-bond donors (Lipinski definition) is 0. The summed E-state index contributed by atoms with van der Waals surface area (Å²) >= 11 is 4.75. The number of allylic oxidation sites excluding steroid dienone is 1. The van der Waals surface area contributed by atoms with E-state index in [9.17, 15) is 26.7 Å². The summed E-state index contributed by atoms with van der Waals surface area (Å²) in [4.78, 5) is 10.5. The Bertz CT molecular complexity index is 726. The molecule has 0 fully saturated rings. The van der Waals surface area contributed by atoms with Crippen molar-refractivity contribution in [1.29, 1.82) is 0 Å². The minimum atomic E-state index is -4.36. The van der Waals surface area contributed by atoms with Crippen LogP contribution in [0.1, 0.15) is 0 Å². The number of rotatable bonds is 7. The minimum Gasteiger partial charge on any atom is -0.423 e. The van der Waals surface area contributed by atoms with E-state index >= 15 is 0 Å². The van der Waals surface area contributed by atoms with E-state index in [1.807, 2.05) is 0 Å². The molecule has 1 aliphatic rings. The van der Waals surface area contributed by atoms with Crippen LogP contribution < -0.4 is 9.33 Å². The summed E-state index contributed by atoms with van der Waals surface area (Å²) in [6, 6.07) is 5.03. The molecule has 0 aliphatic carbocycles. The van der Waals surface area contributed by atoms with Gasteiger partial charge in [-0.15, -0.1) is 4.59 Å². The zero-order chi connectivity index (χ0) is 18.8. The number of carbonyl (C=O) groups is 1. The third kappa shape index (κ3) is 3.90. The average molecular weight is 386 g/mol. The highest BCUT2D eigenvalue weighted by Crippen LogP contribution is 2.40. The molecule has 0 bridgehead atoms. The van der Waals surface area contributed by atoms with Crippen molar-refractivity contribution in [1.82, 2.24) is 4.59 Å². The van der Waals surface area contributed by atoms with Crippen molar-refractivity contribution in [3.05, 3.63) is 36.2 Å². The first-order valence-electron chi connectivity index (χ1n) is 6.63. The zero-order valence-electron chi connectivity index (χ0n) is 12.5. The fraction of sp³-hybridized carbons (Fsp3) is 0.286. The Morgan fingerprint density at radius 1 is 1.28 bits per heavy atom. The molecule has 0 spiro atoms. The van der Waals surface area contributed by atoms with Gasteiger partial charge in [0.2, 0.25) is 17.2 Å². The lowest BCUT2D eigenvalue weighted by atomic mass is 10.2. The van der Waals surface area contributed by atoms with E-state index in [0.29, 0.717) is 0 Å². The summed E-state index contributed by atoms with van der Waals surface area (Å²) in [6.07, 6.45) is -6.46. The summed E-state index contributed by atoms with van der Waals surface area (Å²) in [6.45, 7) is -0.0723. The van der Waals surface area contributed by atoms with Gasteiger partial charge in [-0.1, -0.05) is 28.8 Å². The normalized spacial score (nSPS) is 21.6. The molecule has 1 aromatic carbocycles. The predicted octanol–water partition coefficient (Wildman–Crippen LogP) is 3.78. The molecule has 0 N–H and O–H groups in total. The molecular weight excluding hydrogens is 375 g/mol. The summed E-state index contributed by atoms with van der Waals surface area (Å²) in [7, 11) is 1.25. The Hall–Kier alpha value is -2.20. The largest absolute Gasteiger partial charge is 0.444 e. The van der Waals surface area contributed by atoms with Crippen LogP contribution in [0.3, 0.4) is 0 Å². The Morgan fingerprint density at radius 3 is 2.48 bits per heavy atom. The maximum absolute atomic E-state index is 13.4. The summed E-state index contributed by atoms with van der Waals surface area (Å²) in [5, 5.41) is 3.70. The Labute approximate surface area is 143 Å². The van der Waals surface area contributed by atoms with E-state index in [-0.39, 0.29) is 12.2 Å². The van der Waals surface area contributed by atoms with E-state index in [2.05, 4.69) is 14.6 Å². The lowest BCUT2D eigenvalue weighted by molar-refractivity contribution is -0.199. The van der Waals surface area contributed by atoms with E-state index in [1.165, 1.54) is 25.2 Å². The van der Waals surface area contributed by atoms with E-state index in [0.717, 1.165) is 12.3 Å². The number of nitrogens with zero attached hydrogens (tertiary/aromatic N) is 2. The van der Waals surface area contributed by atoms with Crippen LogP contribution in [0.4, 0.5) is 27.6 Å². The first-order chi connectivity index (χ1) is 11.6. The van der Waals surface area contributed by atoms with Crippen molar-refractivity contribution in [3.63, 3.8) is 0 Å². The number of halogens is 6. The molecule has 0 saturated heterocycles. The van der Waals surface area contributed by atoms with Crippen LogP contribution in [0.25, 0.3) is 0 Å². The molecule has 1 heterocycles. The zero-order valence-corrected chi connectivity index (χ0v) is 13.3. The lowest BCUT2D eigenvalue weighted by Crippen LogP contribution is -2.36. The van der Waals surface area contributed by atoms with Gasteiger partial charge in [0.1, 0.15) is 7.05 Å². The fourth-order valence-corrected chi connectivity index (χ4v) is 2.17. The summed E-state index contributed by atoms with van der Waals surface area (Å²) in [5.74, 6) is -1.07. The van der Waals surface area contributed by atoms with Crippen molar-refractivity contribution in [2.24, 2.45) is 5.10 Å². The van der Waals surface area contributed by atoms with E-state index < -0.39 is 40.0 Å². The molecule has 136 valence electrons. The molecule has 11 heteroatoms. The smallest absolute Gasteiger partial charge is 0.423 e. The third-order valence-corrected chi connectivity index (χ3v) is 3.43. The molecule has 25 heavy (non-hydrogen) atoms. The van der Waals surface area contributed by atoms with Gasteiger partial charge in [0.05, 0.1) is 0 Å². The number of hydrogen-bond acceptors (Lipinski definition) is 4. The van der Waals surface area contributed by atoms with Gasteiger partial charge < -0.3 is 9.47 Å². The monoisotopic (exact) mass is 385 g/mol. The van der Waals surface area contributed by atoms with Crippen molar-refractivity contribution in [2.45, 2.75) is 18.2 Å². The second-order valence-corrected chi connectivity index (χ2v) is 5.34. The van der Waals surface area contributed by atoms with Crippen LogP contribution in [0.5, 0.6) is 5.75 Å². The molecule has 0 amide bonds. The number of carbonyl (C=O) groups excluding carboxylic acids is 1. The van der Waals surface area contributed by atoms with E-state index in [4.69, 9.17) is 11.6 Å². The Morgan fingerprint density at radius 2 is 1.92 bits per heavy atom. The van der Waals surface area contributed by atoms with Gasteiger partial charge in [-0.25, -0.2) is 13.2 Å². The SMILES string of the molecule is C[N+]1(c2ccccc2OC(F)(F)C(F)Cl)C=C(OC=O)C(C(F)F)=N1. The highest BCUT2D eigenvalue weighted by Gasteiger charge is 2.46. The molecule has 2 rings (SSSR count). The predicted molar refractivity (Wildman–Crippen MR) is 79.2 cm³/mol. The first-order valence-corrected chi connectivity index (χ1v) is 7.07. The van der Waals surface area contributed by atoms with Gasteiger partial charge >= 0.3 is 6.11 Å². The molecule has 2 atom stereocenters. The van der Waals surface area contributed by atoms with Crippen LogP contribution in [0.2, 0.25) is 0 Å². The number of alkyl halides is 6.